The Morgan fingerprint density at radius 2 is 2.33 bits per heavy atom. The van der Waals surface area contributed by atoms with Crippen molar-refractivity contribution in [2.45, 2.75) is 6.04 Å². The molecule has 0 saturated carbocycles. The number of thiazole rings is 1. The second kappa shape index (κ2) is 5.07. The summed E-state index contributed by atoms with van der Waals surface area (Å²) in [7, 11) is 1.50. The van der Waals surface area contributed by atoms with Crippen molar-refractivity contribution < 1.29 is 14.6 Å². The average Bonchev–Trinajstić information content (AvgIpc) is 2.87. The molecule has 1 atom stereocenters. The van der Waals surface area contributed by atoms with E-state index in [0.29, 0.717) is 22.3 Å². The van der Waals surface area contributed by atoms with E-state index in [1.807, 2.05) is 0 Å². The van der Waals surface area contributed by atoms with Gasteiger partial charge in [-0.15, -0.1) is 11.3 Å². The summed E-state index contributed by atoms with van der Waals surface area (Å²) in [6.07, 6.45) is 1.35. The molecule has 0 radical (unpaired) electrons. The molecule has 0 bridgehead atoms. The maximum atomic E-state index is 10.7. The van der Waals surface area contributed by atoms with Gasteiger partial charge in [-0.25, -0.2) is 15.0 Å². The third-order valence-electron chi connectivity index (χ3n) is 2.18. The van der Waals surface area contributed by atoms with Crippen LogP contribution in [0.5, 0.6) is 5.88 Å². The van der Waals surface area contributed by atoms with E-state index in [1.54, 1.807) is 11.4 Å². The molecule has 1 unspecified atom stereocenters. The van der Waals surface area contributed by atoms with Gasteiger partial charge >= 0.3 is 5.97 Å². The Morgan fingerprint density at radius 3 is 3.00 bits per heavy atom. The molecule has 0 aliphatic rings. The van der Waals surface area contributed by atoms with Gasteiger partial charge in [0, 0.05) is 11.4 Å². The molecule has 18 heavy (non-hydrogen) atoms. The quantitative estimate of drug-likeness (QED) is 0.837. The molecule has 0 aliphatic heterocycles. The van der Waals surface area contributed by atoms with Crippen LogP contribution in [-0.4, -0.2) is 33.1 Å². The van der Waals surface area contributed by atoms with Crippen molar-refractivity contribution >= 4 is 17.3 Å². The Bertz CT molecular complexity index is 572. The largest absolute Gasteiger partial charge is 0.481 e. The van der Waals surface area contributed by atoms with Crippen molar-refractivity contribution in [3.63, 3.8) is 0 Å². The summed E-state index contributed by atoms with van der Waals surface area (Å²) in [5.41, 5.74) is 6.34. The van der Waals surface area contributed by atoms with Gasteiger partial charge in [-0.2, -0.15) is 0 Å². The molecule has 8 heteroatoms. The van der Waals surface area contributed by atoms with Crippen LogP contribution in [0.1, 0.15) is 11.7 Å². The smallest absolute Gasteiger partial charge is 0.326 e. The molecule has 2 aromatic heterocycles. The summed E-state index contributed by atoms with van der Waals surface area (Å²) < 4.78 is 4.98. The first kappa shape index (κ1) is 12.4. The van der Waals surface area contributed by atoms with Crippen molar-refractivity contribution in [1.29, 1.82) is 0 Å². The topological polar surface area (TPSA) is 111 Å². The predicted molar refractivity (Wildman–Crippen MR) is 64.3 cm³/mol. The maximum absolute atomic E-state index is 10.7. The van der Waals surface area contributed by atoms with Crippen molar-refractivity contribution in [3.05, 3.63) is 23.5 Å². The molecular formula is C10H10N4O3S. The minimum atomic E-state index is -1.13. The lowest BCUT2D eigenvalue weighted by Gasteiger charge is -2.01. The zero-order valence-electron chi connectivity index (χ0n) is 9.40. The highest BCUT2D eigenvalue weighted by atomic mass is 32.1. The van der Waals surface area contributed by atoms with E-state index in [0.717, 1.165) is 0 Å². The third-order valence-corrected chi connectivity index (χ3v) is 3.06. The fourth-order valence-electron chi connectivity index (χ4n) is 1.24. The van der Waals surface area contributed by atoms with Crippen LogP contribution in [0.25, 0.3) is 10.7 Å². The second-order valence-corrected chi connectivity index (χ2v) is 4.20. The lowest BCUT2D eigenvalue weighted by atomic mass is 10.2. The number of nitrogens with zero attached hydrogens (tertiary/aromatic N) is 3. The number of aromatic nitrogens is 3. The summed E-state index contributed by atoms with van der Waals surface area (Å²) in [5, 5.41) is 11.0. The van der Waals surface area contributed by atoms with Crippen LogP contribution in [0.15, 0.2) is 17.8 Å². The van der Waals surface area contributed by atoms with Gasteiger partial charge in [0.1, 0.15) is 23.1 Å². The molecule has 0 spiro atoms. The van der Waals surface area contributed by atoms with Crippen LogP contribution in [0, 0.1) is 0 Å². The fraction of sp³-hybridized carbons (Fsp3) is 0.200. The highest BCUT2D eigenvalue weighted by Gasteiger charge is 2.18. The lowest BCUT2D eigenvalue weighted by molar-refractivity contribution is -0.138. The number of carboxylic acids is 1. The zero-order chi connectivity index (χ0) is 13.1. The number of aliphatic carboxylic acids is 1. The summed E-state index contributed by atoms with van der Waals surface area (Å²) in [6, 6.07) is 0.494. The van der Waals surface area contributed by atoms with Crippen molar-refractivity contribution in [1.82, 2.24) is 15.0 Å². The molecule has 2 rings (SSSR count). The molecule has 0 saturated heterocycles. The van der Waals surface area contributed by atoms with Crippen molar-refractivity contribution in [2.24, 2.45) is 5.73 Å². The number of rotatable bonds is 4. The van der Waals surface area contributed by atoms with Gasteiger partial charge in [-0.3, -0.25) is 4.79 Å². The number of carbonyl (C=O) groups is 1. The molecule has 2 heterocycles. The van der Waals surface area contributed by atoms with E-state index < -0.39 is 12.0 Å². The minimum Gasteiger partial charge on any atom is -0.481 e. The van der Waals surface area contributed by atoms with E-state index in [9.17, 15) is 4.79 Å². The highest BCUT2D eigenvalue weighted by molar-refractivity contribution is 7.13. The van der Waals surface area contributed by atoms with Crippen LogP contribution in [0.2, 0.25) is 0 Å². The van der Waals surface area contributed by atoms with Crippen molar-refractivity contribution in [2.75, 3.05) is 7.11 Å². The van der Waals surface area contributed by atoms with E-state index in [4.69, 9.17) is 15.6 Å². The Labute approximate surface area is 106 Å². The number of ether oxygens (including phenoxy) is 1. The number of hydrogen-bond acceptors (Lipinski definition) is 7. The van der Waals surface area contributed by atoms with E-state index in [-0.39, 0.29) is 0 Å². The Kier molecular flexibility index (Phi) is 3.49. The average molecular weight is 266 g/mol. The molecule has 0 amide bonds. The fourth-order valence-corrected chi connectivity index (χ4v) is 2.06. The number of hydrogen-bond donors (Lipinski definition) is 2. The SMILES string of the molecule is COc1cc(-c2nc(C(N)C(=O)O)cs2)ncn1. The molecule has 0 aromatic carbocycles. The highest BCUT2D eigenvalue weighted by Crippen LogP contribution is 2.25. The normalized spacial score (nSPS) is 12.1. The van der Waals surface area contributed by atoms with E-state index in [2.05, 4.69) is 15.0 Å². The molecule has 94 valence electrons. The van der Waals surface area contributed by atoms with Crippen LogP contribution in [-0.2, 0) is 4.79 Å². The number of carboxylic acid groups (broad SMARTS) is 1. The van der Waals surface area contributed by atoms with Gasteiger partial charge in [-0.1, -0.05) is 0 Å². The van der Waals surface area contributed by atoms with Crippen LogP contribution < -0.4 is 10.5 Å². The minimum absolute atomic E-state index is 0.306. The monoisotopic (exact) mass is 266 g/mol. The van der Waals surface area contributed by atoms with Gasteiger partial charge in [0.2, 0.25) is 5.88 Å². The standard InChI is InChI=1S/C10H10N4O3S/c1-17-7-2-5(12-4-13-7)9-14-6(3-18-9)8(11)10(15)16/h2-4,8H,11H2,1H3,(H,15,16). The lowest BCUT2D eigenvalue weighted by Crippen LogP contribution is -2.20. The summed E-state index contributed by atoms with van der Waals surface area (Å²) >= 11 is 1.27. The second-order valence-electron chi connectivity index (χ2n) is 3.34. The summed E-state index contributed by atoms with van der Waals surface area (Å²) in [4.78, 5) is 22.8. The van der Waals surface area contributed by atoms with Gasteiger partial charge in [0.25, 0.3) is 0 Å². The van der Waals surface area contributed by atoms with Crippen LogP contribution >= 0.6 is 11.3 Å². The molecule has 2 aromatic rings. The maximum Gasteiger partial charge on any atom is 0.326 e. The first-order chi connectivity index (χ1) is 8.61. The molecule has 0 aliphatic carbocycles. The zero-order valence-corrected chi connectivity index (χ0v) is 10.2. The summed E-state index contributed by atoms with van der Waals surface area (Å²) in [5.74, 6) is -0.702. The summed E-state index contributed by atoms with van der Waals surface area (Å²) in [6.45, 7) is 0. The first-order valence-electron chi connectivity index (χ1n) is 4.92. The Morgan fingerprint density at radius 1 is 1.56 bits per heavy atom. The molecule has 0 fully saturated rings. The molecular weight excluding hydrogens is 256 g/mol. The molecule has 7 nitrogen and oxygen atoms in total. The van der Waals surface area contributed by atoms with Crippen LogP contribution in [0.3, 0.4) is 0 Å². The number of methoxy groups -OCH3 is 1. The number of nitrogens with two attached hydrogens (primary N) is 1. The Balaban J connectivity index is 2.31. The van der Waals surface area contributed by atoms with Gasteiger partial charge in [0.05, 0.1) is 12.8 Å². The predicted octanol–water partition coefficient (Wildman–Crippen LogP) is 0.693. The Hall–Kier alpha value is -2.06. The van der Waals surface area contributed by atoms with Crippen LogP contribution in [0.4, 0.5) is 0 Å². The van der Waals surface area contributed by atoms with E-state index in [1.165, 1.54) is 24.8 Å². The van der Waals surface area contributed by atoms with Gasteiger partial charge in [0.15, 0.2) is 0 Å². The van der Waals surface area contributed by atoms with Crippen molar-refractivity contribution in [3.8, 4) is 16.6 Å². The van der Waals surface area contributed by atoms with Gasteiger partial charge in [-0.05, 0) is 0 Å². The first-order valence-corrected chi connectivity index (χ1v) is 5.80. The third kappa shape index (κ3) is 2.44. The molecule has 3 N–H and O–H groups in total. The van der Waals surface area contributed by atoms with Gasteiger partial charge < -0.3 is 15.6 Å². The van der Waals surface area contributed by atoms with E-state index >= 15 is 0 Å².